The van der Waals surface area contributed by atoms with Crippen molar-refractivity contribution < 1.29 is 9.84 Å². The molecular weight excluding hydrogens is 410 g/mol. The Balaban J connectivity index is 1.49. The van der Waals surface area contributed by atoms with Crippen LogP contribution in [0.15, 0.2) is 42.5 Å². The lowest BCUT2D eigenvalue weighted by Gasteiger charge is -2.46. The van der Waals surface area contributed by atoms with Crippen LogP contribution < -0.4 is 10.1 Å². The topological polar surface area (TPSA) is 49.7 Å². The van der Waals surface area contributed by atoms with Gasteiger partial charge in [-0.25, -0.2) is 0 Å². The number of likely N-dealkylation sites (tertiary alicyclic amines) is 1. The Bertz CT molecular complexity index is 1100. The van der Waals surface area contributed by atoms with E-state index < -0.39 is 0 Å². The Kier molecular flexibility index (Phi) is 5.47. The van der Waals surface area contributed by atoms with E-state index in [1.165, 1.54) is 27.7 Å². The van der Waals surface area contributed by atoms with Crippen molar-refractivity contribution >= 4 is 22.5 Å². The zero-order valence-electron chi connectivity index (χ0n) is 18.2. The van der Waals surface area contributed by atoms with Gasteiger partial charge in [0.25, 0.3) is 0 Å². The van der Waals surface area contributed by atoms with Crippen LogP contribution in [-0.4, -0.2) is 47.9 Å². The first kappa shape index (κ1) is 20.8. The molecule has 1 atom stereocenters. The minimum atomic E-state index is -0.0369. The fourth-order valence-corrected chi connectivity index (χ4v) is 5.81. The van der Waals surface area contributed by atoms with Gasteiger partial charge in [0.15, 0.2) is 0 Å². The summed E-state index contributed by atoms with van der Waals surface area (Å²) in [6.07, 6.45) is 2.17. The van der Waals surface area contributed by atoms with Gasteiger partial charge in [0, 0.05) is 47.7 Å². The molecule has 2 aliphatic heterocycles. The number of aliphatic hydroxyl groups is 1. The summed E-state index contributed by atoms with van der Waals surface area (Å²) in [7, 11) is 3.81. The van der Waals surface area contributed by atoms with Crippen LogP contribution >= 0.6 is 11.6 Å². The van der Waals surface area contributed by atoms with Crippen molar-refractivity contribution in [3.63, 3.8) is 0 Å². The maximum absolute atomic E-state index is 10.1. The molecule has 1 spiro atoms. The van der Waals surface area contributed by atoms with Gasteiger partial charge in [-0.1, -0.05) is 29.8 Å². The second kappa shape index (κ2) is 8.14. The van der Waals surface area contributed by atoms with Gasteiger partial charge in [-0.05, 0) is 55.3 Å². The maximum Gasteiger partial charge on any atom is 0.120 e. The number of rotatable bonds is 4. The number of hydrogen-bond acceptors (Lipinski definition) is 4. The van der Waals surface area contributed by atoms with E-state index in [0.29, 0.717) is 0 Å². The molecule has 1 fully saturated rings. The molecule has 1 saturated heterocycles. The van der Waals surface area contributed by atoms with E-state index in [2.05, 4.69) is 52.2 Å². The predicted molar refractivity (Wildman–Crippen MR) is 125 cm³/mol. The molecule has 0 aliphatic carbocycles. The summed E-state index contributed by atoms with van der Waals surface area (Å²) in [4.78, 5) is 2.51. The quantitative estimate of drug-likeness (QED) is 0.644. The van der Waals surface area contributed by atoms with Crippen LogP contribution in [0.3, 0.4) is 0 Å². The molecule has 0 bridgehead atoms. The molecule has 3 aromatic rings. The zero-order valence-corrected chi connectivity index (χ0v) is 19.0. The SMILES string of the molecule is COc1ccc2c3c(n(C)c2c1)[C@@H](CO)NCC31CCN(Cc2ccccc2Cl)CC1. The largest absolute Gasteiger partial charge is 0.497 e. The van der Waals surface area contributed by atoms with Gasteiger partial charge in [-0.2, -0.15) is 0 Å². The van der Waals surface area contributed by atoms with E-state index in [1.807, 2.05) is 12.1 Å². The van der Waals surface area contributed by atoms with E-state index in [-0.39, 0.29) is 18.1 Å². The molecule has 0 saturated carbocycles. The lowest BCUT2D eigenvalue weighted by molar-refractivity contribution is 0.131. The van der Waals surface area contributed by atoms with Gasteiger partial charge >= 0.3 is 0 Å². The second-order valence-electron chi connectivity index (χ2n) is 8.97. The van der Waals surface area contributed by atoms with Crippen LogP contribution in [0.5, 0.6) is 5.75 Å². The van der Waals surface area contributed by atoms with Crippen LogP contribution in [0.2, 0.25) is 5.02 Å². The number of ether oxygens (including phenoxy) is 1. The van der Waals surface area contributed by atoms with Crippen molar-refractivity contribution in [2.24, 2.45) is 7.05 Å². The summed E-state index contributed by atoms with van der Waals surface area (Å²) in [5, 5.41) is 15.9. The Morgan fingerprint density at radius 2 is 1.97 bits per heavy atom. The van der Waals surface area contributed by atoms with Crippen molar-refractivity contribution in [3.05, 3.63) is 64.3 Å². The van der Waals surface area contributed by atoms with Crippen molar-refractivity contribution in [3.8, 4) is 5.75 Å². The smallest absolute Gasteiger partial charge is 0.120 e. The first-order valence-electron chi connectivity index (χ1n) is 11.0. The van der Waals surface area contributed by atoms with E-state index in [4.69, 9.17) is 16.3 Å². The number of aromatic nitrogens is 1. The zero-order chi connectivity index (χ0) is 21.6. The average molecular weight is 440 g/mol. The fourth-order valence-electron chi connectivity index (χ4n) is 5.62. The highest BCUT2D eigenvalue weighted by Gasteiger charge is 2.44. The van der Waals surface area contributed by atoms with Crippen LogP contribution in [0.25, 0.3) is 10.9 Å². The number of nitrogens with zero attached hydrogens (tertiary/aromatic N) is 2. The van der Waals surface area contributed by atoms with Gasteiger partial charge in [0.2, 0.25) is 0 Å². The van der Waals surface area contributed by atoms with Gasteiger partial charge < -0.3 is 19.7 Å². The molecule has 164 valence electrons. The highest BCUT2D eigenvalue weighted by Crippen LogP contribution is 2.47. The molecule has 2 aromatic carbocycles. The van der Waals surface area contributed by atoms with Gasteiger partial charge in [0.1, 0.15) is 5.75 Å². The molecule has 2 aliphatic rings. The van der Waals surface area contributed by atoms with Crippen molar-refractivity contribution in [2.75, 3.05) is 33.4 Å². The first-order chi connectivity index (χ1) is 15.1. The highest BCUT2D eigenvalue weighted by atomic mass is 35.5. The van der Waals surface area contributed by atoms with Crippen molar-refractivity contribution in [1.82, 2.24) is 14.8 Å². The minimum Gasteiger partial charge on any atom is -0.497 e. The number of nitrogens with one attached hydrogen (secondary N) is 1. The number of hydrogen-bond donors (Lipinski definition) is 2. The van der Waals surface area contributed by atoms with E-state index in [1.54, 1.807) is 7.11 Å². The third-order valence-corrected chi connectivity index (χ3v) is 7.72. The number of benzene rings is 2. The van der Waals surface area contributed by atoms with E-state index in [9.17, 15) is 5.11 Å². The Hall–Kier alpha value is -2.05. The molecule has 0 radical (unpaired) electrons. The number of methoxy groups -OCH3 is 1. The lowest BCUT2D eigenvalue weighted by atomic mass is 9.69. The standard InChI is InChI=1S/C25H30ClN3O2/c1-28-22-13-18(31-2)7-8-19(22)23-24(28)21(15-30)27-16-25(23)9-11-29(12-10-25)14-17-5-3-4-6-20(17)26/h3-8,13,21,27,30H,9-12,14-16H2,1-2H3/t21-/m1/s1. The maximum atomic E-state index is 10.1. The molecule has 31 heavy (non-hydrogen) atoms. The summed E-state index contributed by atoms with van der Waals surface area (Å²) in [6.45, 7) is 3.95. The molecule has 1 aromatic heterocycles. The summed E-state index contributed by atoms with van der Waals surface area (Å²) >= 11 is 6.40. The molecule has 3 heterocycles. The van der Waals surface area contributed by atoms with Gasteiger partial charge in [-0.3, -0.25) is 4.90 Å². The number of fused-ring (bicyclic) bond motifs is 4. The summed E-state index contributed by atoms with van der Waals surface area (Å²) in [5.74, 6) is 0.863. The molecule has 5 nitrogen and oxygen atoms in total. The fraction of sp³-hybridized carbons (Fsp3) is 0.440. The Labute approximate surface area is 188 Å². The van der Waals surface area contributed by atoms with Crippen LogP contribution in [0, 0.1) is 0 Å². The summed E-state index contributed by atoms with van der Waals surface area (Å²) < 4.78 is 7.73. The van der Waals surface area contributed by atoms with Crippen LogP contribution in [-0.2, 0) is 19.0 Å². The highest BCUT2D eigenvalue weighted by molar-refractivity contribution is 6.31. The second-order valence-corrected chi connectivity index (χ2v) is 9.37. The Morgan fingerprint density at radius 1 is 1.19 bits per heavy atom. The van der Waals surface area contributed by atoms with Gasteiger partial charge in [0.05, 0.1) is 25.3 Å². The molecule has 0 unspecified atom stereocenters. The number of aryl methyl sites for hydroxylation is 1. The number of piperidine rings is 1. The van der Waals surface area contributed by atoms with Gasteiger partial charge in [-0.15, -0.1) is 0 Å². The van der Waals surface area contributed by atoms with Crippen molar-refractivity contribution in [2.45, 2.75) is 30.8 Å². The lowest BCUT2D eigenvalue weighted by Crippen LogP contribution is -2.52. The minimum absolute atomic E-state index is 0.0369. The number of halogens is 1. The molecular formula is C25H30ClN3O2. The molecule has 6 heteroatoms. The molecule has 0 amide bonds. The normalized spacial score (nSPS) is 20.8. The third kappa shape index (κ3) is 3.44. The molecule has 2 N–H and O–H groups in total. The average Bonchev–Trinajstić information content (AvgIpc) is 3.10. The molecule has 5 rings (SSSR count). The van der Waals surface area contributed by atoms with Crippen LogP contribution in [0.4, 0.5) is 0 Å². The summed E-state index contributed by atoms with van der Waals surface area (Å²) in [5.41, 5.74) is 5.08. The third-order valence-electron chi connectivity index (χ3n) is 7.35. The van der Waals surface area contributed by atoms with E-state index in [0.717, 1.165) is 49.8 Å². The first-order valence-corrected chi connectivity index (χ1v) is 11.4. The van der Waals surface area contributed by atoms with Crippen LogP contribution in [0.1, 0.15) is 35.7 Å². The van der Waals surface area contributed by atoms with E-state index >= 15 is 0 Å². The van der Waals surface area contributed by atoms with Crippen molar-refractivity contribution in [1.29, 1.82) is 0 Å². The summed E-state index contributed by atoms with van der Waals surface area (Å²) in [6, 6.07) is 14.5. The Morgan fingerprint density at radius 3 is 2.68 bits per heavy atom. The monoisotopic (exact) mass is 439 g/mol. The number of aliphatic hydroxyl groups excluding tert-OH is 1. The predicted octanol–water partition coefficient (Wildman–Crippen LogP) is 4.01.